The van der Waals surface area contributed by atoms with Crippen molar-refractivity contribution >= 4 is 12.1 Å². The van der Waals surface area contributed by atoms with Crippen LogP contribution in [0.1, 0.15) is 45.7 Å². The van der Waals surface area contributed by atoms with Gasteiger partial charge in [-0.3, -0.25) is 0 Å². The van der Waals surface area contributed by atoms with Crippen molar-refractivity contribution in [3.8, 4) is 5.75 Å². The van der Waals surface area contributed by atoms with Crippen molar-refractivity contribution in [1.29, 1.82) is 0 Å². The van der Waals surface area contributed by atoms with E-state index in [9.17, 15) is 14.7 Å². The van der Waals surface area contributed by atoms with Gasteiger partial charge in [0.25, 0.3) is 0 Å². The molecule has 1 atom stereocenters. The van der Waals surface area contributed by atoms with Gasteiger partial charge in [-0.15, -0.1) is 0 Å². The molecule has 2 N–H and O–H groups in total. The number of carboxylic acid groups (broad SMARTS) is 1. The third-order valence-corrected chi connectivity index (χ3v) is 3.56. The highest BCUT2D eigenvalue weighted by molar-refractivity contribution is 5.80. The van der Waals surface area contributed by atoms with Crippen molar-refractivity contribution in [2.75, 3.05) is 0 Å². The van der Waals surface area contributed by atoms with Gasteiger partial charge in [-0.05, 0) is 51.8 Å². The van der Waals surface area contributed by atoms with Crippen LogP contribution in [0.4, 0.5) is 4.79 Å². The summed E-state index contributed by atoms with van der Waals surface area (Å²) < 4.78 is 10.9. The Labute approximate surface area is 142 Å². The van der Waals surface area contributed by atoms with Crippen molar-refractivity contribution in [3.05, 3.63) is 29.3 Å². The maximum absolute atomic E-state index is 11.8. The van der Waals surface area contributed by atoms with E-state index in [4.69, 9.17) is 9.47 Å². The first-order chi connectivity index (χ1) is 11.0. The Morgan fingerprint density at radius 3 is 2.62 bits per heavy atom. The summed E-state index contributed by atoms with van der Waals surface area (Å²) in [5.74, 6) is -0.270. The van der Waals surface area contributed by atoms with Crippen LogP contribution in [0.2, 0.25) is 0 Å². The summed E-state index contributed by atoms with van der Waals surface area (Å²) in [6, 6.07) is 4.57. The molecule has 6 nitrogen and oxygen atoms in total. The lowest BCUT2D eigenvalue weighted by atomic mass is 9.98. The molecule has 1 amide bonds. The third kappa shape index (κ3) is 4.88. The Hall–Kier alpha value is -2.24. The minimum absolute atomic E-state index is 0.183. The maximum atomic E-state index is 11.8. The molecule has 0 aromatic heterocycles. The summed E-state index contributed by atoms with van der Waals surface area (Å²) in [6.45, 7) is 9.20. The highest BCUT2D eigenvalue weighted by Gasteiger charge is 2.30. The average molecular weight is 335 g/mol. The first-order valence-electron chi connectivity index (χ1n) is 7.98. The average Bonchev–Trinajstić information content (AvgIpc) is 2.68. The SMILES string of the molecule is CC(C)(C)OC(=O)NC(Cc1ccc2c(c1)CC(C)(C)O2)C(=O)O. The number of carbonyl (C=O) groups is 2. The summed E-state index contributed by atoms with van der Waals surface area (Å²) >= 11 is 0. The molecular weight excluding hydrogens is 310 g/mol. The van der Waals surface area contributed by atoms with E-state index in [2.05, 4.69) is 5.32 Å². The molecule has 0 fully saturated rings. The molecule has 1 aromatic carbocycles. The predicted octanol–water partition coefficient (Wildman–Crippen LogP) is 2.92. The number of fused-ring (bicyclic) bond motifs is 1. The number of nitrogens with one attached hydrogen (secondary N) is 1. The minimum atomic E-state index is -1.10. The zero-order valence-electron chi connectivity index (χ0n) is 14.8. The second kappa shape index (κ2) is 6.34. The van der Waals surface area contributed by atoms with Gasteiger partial charge in [-0.2, -0.15) is 0 Å². The Kier molecular flexibility index (Phi) is 4.78. The molecule has 0 saturated heterocycles. The summed E-state index contributed by atoms with van der Waals surface area (Å²) in [5.41, 5.74) is 0.961. The van der Waals surface area contributed by atoms with Crippen molar-refractivity contribution in [3.63, 3.8) is 0 Å². The van der Waals surface area contributed by atoms with Gasteiger partial charge in [0.1, 0.15) is 23.0 Å². The van der Waals surface area contributed by atoms with E-state index in [1.54, 1.807) is 20.8 Å². The van der Waals surface area contributed by atoms with Crippen molar-refractivity contribution in [2.45, 2.75) is 64.7 Å². The Morgan fingerprint density at radius 2 is 2.04 bits per heavy atom. The topological polar surface area (TPSA) is 84.9 Å². The van der Waals surface area contributed by atoms with Gasteiger partial charge in [-0.25, -0.2) is 9.59 Å². The fraction of sp³-hybridized carbons (Fsp3) is 0.556. The van der Waals surface area contributed by atoms with Crippen LogP contribution in [0, 0.1) is 0 Å². The van der Waals surface area contributed by atoms with Gasteiger partial charge >= 0.3 is 12.1 Å². The van der Waals surface area contributed by atoms with Crippen LogP contribution >= 0.6 is 0 Å². The van der Waals surface area contributed by atoms with Crippen LogP contribution in [-0.4, -0.2) is 34.4 Å². The monoisotopic (exact) mass is 335 g/mol. The van der Waals surface area contributed by atoms with E-state index in [0.717, 1.165) is 23.3 Å². The summed E-state index contributed by atoms with van der Waals surface area (Å²) in [4.78, 5) is 23.3. The number of benzene rings is 1. The van der Waals surface area contributed by atoms with E-state index >= 15 is 0 Å². The second-order valence-corrected chi connectivity index (χ2v) is 7.72. The normalized spacial score (nSPS) is 16.7. The van der Waals surface area contributed by atoms with Crippen LogP contribution in [0.5, 0.6) is 5.75 Å². The molecule has 1 aliphatic heterocycles. The third-order valence-electron chi connectivity index (χ3n) is 3.56. The number of carboxylic acids is 1. The number of hydrogen-bond acceptors (Lipinski definition) is 4. The molecule has 2 rings (SSSR count). The molecule has 6 heteroatoms. The Bertz CT molecular complexity index is 645. The fourth-order valence-electron chi connectivity index (χ4n) is 2.68. The van der Waals surface area contributed by atoms with E-state index < -0.39 is 23.7 Å². The molecule has 0 aliphatic carbocycles. The van der Waals surface area contributed by atoms with Crippen molar-refractivity contribution in [1.82, 2.24) is 5.32 Å². The molecular formula is C18H25NO5. The molecule has 132 valence electrons. The highest BCUT2D eigenvalue weighted by Crippen LogP contribution is 2.35. The van der Waals surface area contributed by atoms with Gasteiger partial charge in [0.05, 0.1) is 0 Å². The Morgan fingerprint density at radius 1 is 1.38 bits per heavy atom. The molecule has 1 heterocycles. The maximum Gasteiger partial charge on any atom is 0.408 e. The van der Waals surface area contributed by atoms with E-state index in [1.807, 2.05) is 32.0 Å². The minimum Gasteiger partial charge on any atom is -0.487 e. The van der Waals surface area contributed by atoms with E-state index in [0.29, 0.717) is 0 Å². The lowest BCUT2D eigenvalue weighted by Crippen LogP contribution is -2.44. The number of rotatable bonds is 4. The lowest BCUT2D eigenvalue weighted by Gasteiger charge is -2.22. The van der Waals surface area contributed by atoms with Crippen LogP contribution < -0.4 is 10.1 Å². The molecule has 0 spiro atoms. The molecule has 1 aromatic rings. The van der Waals surface area contributed by atoms with E-state index in [1.165, 1.54) is 0 Å². The fourth-order valence-corrected chi connectivity index (χ4v) is 2.68. The first-order valence-corrected chi connectivity index (χ1v) is 7.98. The van der Waals surface area contributed by atoms with Crippen molar-refractivity contribution < 1.29 is 24.2 Å². The molecule has 0 saturated carbocycles. The number of aliphatic carboxylic acids is 1. The van der Waals surface area contributed by atoms with Crippen LogP contribution in [0.15, 0.2) is 18.2 Å². The number of alkyl carbamates (subject to hydrolysis) is 1. The summed E-state index contributed by atoms with van der Waals surface area (Å²) in [7, 11) is 0. The molecule has 0 radical (unpaired) electrons. The number of ether oxygens (including phenoxy) is 2. The van der Waals surface area contributed by atoms with Gasteiger partial charge in [-0.1, -0.05) is 12.1 Å². The summed E-state index contributed by atoms with van der Waals surface area (Å²) in [5, 5.41) is 11.8. The van der Waals surface area contributed by atoms with Crippen LogP contribution in [0.3, 0.4) is 0 Å². The number of hydrogen-bond donors (Lipinski definition) is 2. The largest absolute Gasteiger partial charge is 0.487 e. The highest BCUT2D eigenvalue weighted by atomic mass is 16.6. The van der Waals surface area contributed by atoms with Crippen LogP contribution in [-0.2, 0) is 22.4 Å². The molecule has 1 unspecified atom stereocenters. The Balaban J connectivity index is 2.07. The molecule has 1 aliphatic rings. The number of carbonyl (C=O) groups excluding carboxylic acids is 1. The van der Waals surface area contributed by atoms with Gasteiger partial charge in [0, 0.05) is 12.8 Å². The smallest absolute Gasteiger partial charge is 0.408 e. The zero-order chi connectivity index (χ0) is 18.1. The zero-order valence-corrected chi connectivity index (χ0v) is 14.8. The standard InChI is InChI=1S/C18H25NO5/c1-17(2,3)24-16(22)19-13(15(20)21)9-11-6-7-14-12(8-11)10-18(4,5)23-14/h6-8,13H,9-10H2,1-5H3,(H,19,22)(H,20,21). The van der Waals surface area contributed by atoms with Gasteiger partial charge in [0.2, 0.25) is 0 Å². The van der Waals surface area contributed by atoms with Crippen molar-refractivity contribution in [2.24, 2.45) is 0 Å². The number of amides is 1. The van der Waals surface area contributed by atoms with Gasteiger partial charge in [0.15, 0.2) is 0 Å². The predicted molar refractivity (Wildman–Crippen MR) is 89.4 cm³/mol. The van der Waals surface area contributed by atoms with E-state index in [-0.39, 0.29) is 12.0 Å². The first kappa shape index (κ1) is 18.1. The molecule has 24 heavy (non-hydrogen) atoms. The quantitative estimate of drug-likeness (QED) is 0.884. The summed E-state index contributed by atoms with van der Waals surface area (Å²) in [6.07, 6.45) is 0.218. The lowest BCUT2D eigenvalue weighted by molar-refractivity contribution is -0.139. The van der Waals surface area contributed by atoms with Crippen LogP contribution in [0.25, 0.3) is 0 Å². The second-order valence-electron chi connectivity index (χ2n) is 7.72. The molecule has 0 bridgehead atoms. The van der Waals surface area contributed by atoms with Gasteiger partial charge < -0.3 is 19.9 Å².